The van der Waals surface area contributed by atoms with E-state index in [1.807, 2.05) is 0 Å². The number of amides is 1. The molecule has 33 heavy (non-hydrogen) atoms. The largest absolute Gasteiger partial charge is 0.390 e. The average molecular weight is 468 g/mol. The number of fused-ring (bicyclic) bond motifs is 1. The lowest BCUT2D eigenvalue weighted by molar-refractivity contribution is -0.0311. The lowest BCUT2D eigenvalue weighted by atomic mass is 9.84. The van der Waals surface area contributed by atoms with Crippen LogP contribution in [0.25, 0.3) is 10.9 Å². The molecule has 0 unspecified atom stereocenters. The third kappa shape index (κ3) is 5.23. The van der Waals surface area contributed by atoms with E-state index in [0.717, 1.165) is 6.42 Å². The van der Waals surface area contributed by atoms with E-state index in [1.165, 1.54) is 6.33 Å². The van der Waals surface area contributed by atoms with Crippen molar-refractivity contribution in [2.45, 2.75) is 49.4 Å². The van der Waals surface area contributed by atoms with Crippen molar-refractivity contribution >= 4 is 26.6 Å². The van der Waals surface area contributed by atoms with E-state index < -0.39 is 15.4 Å². The maximum atomic E-state index is 13.1. The molecule has 0 aliphatic carbocycles. The van der Waals surface area contributed by atoms with Crippen molar-refractivity contribution in [3.63, 3.8) is 0 Å². The molecule has 0 spiro atoms. The Bertz CT molecular complexity index is 1240. The third-order valence-electron chi connectivity index (χ3n) is 6.16. The van der Waals surface area contributed by atoms with Crippen LogP contribution in [0.2, 0.25) is 0 Å². The number of aromatic nitrogens is 2. The van der Waals surface area contributed by atoms with Gasteiger partial charge in [0.25, 0.3) is 5.91 Å². The first kappa shape index (κ1) is 23.3. The zero-order chi connectivity index (χ0) is 23.6. The molecule has 1 amide bonds. The second-order valence-electron chi connectivity index (χ2n) is 9.29. The molecule has 1 aromatic heterocycles. The quantitative estimate of drug-likeness (QED) is 0.594. The molecule has 2 aromatic carbocycles. The van der Waals surface area contributed by atoms with Crippen molar-refractivity contribution in [2.75, 3.05) is 13.1 Å². The number of sulfone groups is 1. The van der Waals surface area contributed by atoms with E-state index in [2.05, 4.69) is 23.8 Å². The molecular weight excluding hydrogens is 438 g/mol. The Labute approximate surface area is 194 Å². The number of hydrogen-bond donors (Lipinski definition) is 1. The summed E-state index contributed by atoms with van der Waals surface area (Å²) in [6.07, 6.45) is 4.81. The number of benzene rings is 2. The Morgan fingerprint density at radius 1 is 1.12 bits per heavy atom. The summed E-state index contributed by atoms with van der Waals surface area (Å²) in [4.78, 5) is 22.9. The molecular formula is C25H29N3O4S. The van der Waals surface area contributed by atoms with E-state index in [1.54, 1.807) is 53.6 Å². The van der Waals surface area contributed by atoms with Gasteiger partial charge in [-0.15, -0.1) is 0 Å². The lowest BCUT2D eigenvalue weighted by Crippen LogP contribution is -2.47. The monoisotopic (exact) mass is 467 g/mol. The fourth-order valence-electron chi connectivity index (χ4n) is 4.55. The van der Waals surface area contributed by atoms with Gasteiger partial charge in [0.1, 0.15) is 6.33 Å². The van der Waals surface area contributed by atoms with Gasteiger partial charge in [-0.2, -0.15) is 0 Å². The maximum absolute atomic E-state index is 13.1. The van der Waals surface area contributed by atoms with Crippen LogP contribution in [-0.4, -0.2) is 53.0 Å². The van der Waals surface area contributed by atoms with E-state index >= 15 is 0 Å². The lowest BCUT2D eigenvalue weighted by Gasteiger charge is -2.39. The van der Waals surface area contributed by atoms with Crippen LogP contribution in [0.1, 0.15) is 49.0 Å². The van der Waals surface area contributed by atoms with Crippen LogP contribution in [0.5, 0.6) is 0 Å². The number of carbonyl (C=O) groups is 1. The predicted molar refractivity (Wildman–Crippen MR) is 126 cm³/mol. The summed E-state index contributed by atoms with van der Waals surface area (Å²) in [5.74, 6) is 0.125. The number of para-hydroxylation sites is 1. The van der Waals surface area contributed by atoms with Crippen molar-refractivity contribution in [3.8, 4) is 0 Å². The van der Waals surface area contributed by atoms with Crippen molar-refractivity contribution in [1.29, 1.82) is 0 Å². The number of nitrogens with zero attached hydrogens (tertiary/aromatic N) is 3. The zero-order valence-corrected chi connectivity index (χ0v) is 19.8. The Kier molecular flexibility index (Phi) is 6.50. The Morgan fingerprint density at radius 2 is 1.82 bits per heavy atom. The molecule has 1 aliphatic rings. The predicted octanol–water partition coefficient (Wildman–Crippen LogP) is 3.62. The summed E-state index contributed by atoms with van der Waals surface area (Å²) >= 11 is 0. The first-order valence-electron chi connectivity index (χ1n) is 11.2. The van der Waals surface area contributed by atoms with Gasteiger partial charge < -0.3 is 10.0 Å². The van der Waals surface area contributed by atoms with E-state index in [9.17, 15) is 18.3 Å². The van der Waals surface area contributed by atoms with Gasteiger partial charge in [0.05, 0.1) is 21.8 Å². The summed E-state index contributed by atoms with van der Waals surface area (Å²) in [6.45, 7) is 5.21. The molecule has 0 saturated carbocycles. The molecule has 174 valence electrons. The van der Waals surface area contributed by atoms with Crippen LogP contribution in [-0.2, 0) is 15.6 Å². The van der Waals surface area contributed by atoms with Gasteiger partial charge in [0, 0.05) is 30.2 Å². The highest BCUT2D eigenvalue weighted by atomic mass is 32.2. The number of piperidine rings is 1. The first-order valence-corrected chi connectivity index (χ1v) is 12.8. The molecule has 4 rings (SSSR count). The Balaban J connectivity index is 1.45. The minimum atomic E-state index is -3.63. The van der Waals surface area contributed by atoms with Crippen LogP contribution in [0.4, 0.5) is 0 Å². The standard InChI is InChI=1S/C25H29N3O4S/c1-18(2)14-25(30)10-12-28(13-11-25)24(29)20-8-6-19(7-9-20)16-33(31,32)22-5-3-4-21-15-26-17-27-23(21)22/h3-9,15,17-18,30H,10-14,16H2,1-2H3. The summed E-state index contributed by atoms with van der Waals surface area (Å²) in [7, 11) is -3.63. The fraction of sp³-hybridized carbons (Fsp3) is 0.400. The highest BCUT2D eigenvalue weighted by Crippen LogP contribution is 2.30. The van der Waals surface area contributed by atoms with Gasteiger partial charge >= 0.3 is 0 Å². The highest BCUT2D eigenvalue weighted by Gasteiger charge is 2.34. The van der Waals surface area contributed by atoms with Crippen LogP contribution in [0.3, 0.4) is 0 Å². The number of rotatable bonds is 6. The Morgan fingerprint density at radius 3 is 2.48 bits per heavy atom. The number of hydrogen-bond acceptors (Lipinski definition) is 6. The summed E-state index contributed by atoms with van der Waals surface area (Å²) in [5.41, 5.74) is 0.822. The number of carbonyl (C=O) groups excluding carboxylic acids is 1. The van der Waals surface area contributed by atoms with Crippen molar-refractivity contribution < 1.29 is 18.3 Å². The van der Waals surface area contributed by atoms with Gasteiger partial charge in [-0.25, -0.2) is 18.4 Å². The van der Waals surface area contributed by atoms with E-state index in [-0.39, 0.29) is 16.6 Å². The fourth-order valence-corrected chi connectivity index (χ4v) is 6.09. The molecule has 0 atom stereocenters. The summed E-state index contributed by atoms with van der Waals surface area (Å²) in [5, 5.41) is 11.4. The van der Waals surface area contributed by atoms with Crippen molar-refractivity contribution in [3.05, 3.63) is 66.1 Å². The second-order valence-corrected chi connectivity index (χ2v) is 11.2. The van der Waals surface area contributed by atoms with Gasteiger partial charge in [0.2, 0.25) is 0 Å². The van der Waals surface area contributed by atoms with Gasteiger partial charge in [-0.05, 0) is 48.9 Å². The van der Waals surface area contributed by atoms with Gasteiger partial charge in [0.15, 0.2) is 9.84 Å². The normalized spacial score (nSPS) is 16.3. The van der Waals surface area contributed by atoms with E-state index in [0.29, 0.717) is 53.9 Å². The number of likely N-dealkylation sites (tertiary alicyclic amines) is 1. The van der Waals surface area contributed by atoms with Crippen LogP contribution < -0.4 is 0 Å². The first-order chi connectivity index (χ1) is 15.7. The highest BCUT2D eigenvalue weighted by molar-refractivity contribution is 7.90. The van der Waals surface area contributed by atoms with Crippen molar-refractivity contribution in [1.82, 2.24) is 14.9 Å². The van der Waals surface area contributed by atoms with Crippen LogP contribution in [0, 0.1) is 5.92 Å². The van der Waals surface area contributed by atoms with Crippen molar-refractivity contribution in [2.24, 2.45) is 5.92 Å². The van der Waals surface area contributed by atoms with Gasteiger partial charge in [-0.1, -0.05) is 38.1 Å². The molecule has 1 saturated heterocycles. The average Bonchev–Trinajstić information content (AvgIpc) is 2.78. The maximum Gasteiger partial charge on any atom is 0.253 e. The molecule has 0 radical (unpaired) electrons. The molecule has 1 fully saturated rings. The second kappa shape index (κ2) is 9.19. The minimum Gasteiger partial charge on any atom is -0.390 e. The third-order valence-corrected chi connectivity index (χ3v) is 7.87. The van der Waals surface area contributed by atoms with E-state index in [4.69, 9.17) is 0 Å². The smallest absolute Gasteiger partial charge is 0.253 e. The molecule has 3 aromatic rings. The minimum absolute atomic E-state index is 0.0956. The topological polar surface area (TPSA) is 100 Å². The SMILES string of the molecule is CC(C)CC1(O)CCN(C(=O)c2ccc(CS(=O)(=O)c3cccc4cncnc34)cc2)CC1. The van der Waals surface area contributed by atoms with Crippen LogP contribution in [0.15, 0.2) is 59.9 Å². The molecule has 1 aliphatic heterocycles. The van der Waals surface area contributed by atoms with Gasteiger partial charge in [-0.3, -0.25) is 4.79 Å². The Hall–Kier alpha value is -2.84. The number of aliphatic hydroxyl groups is 1. The summed E-state index contributed by atoms with van der Waals surface area (Å²) < 4.78 is 26.1. The molecule has 2 heterocycles. The molecule has 1 N–H and O–H groups in total. The molecule has 0 bridgehead atoms. The zero-order valence-electron chi connectivity index (χ0n) is 18.9. The molecule has 7 nitrogen and oxygen atoms in total. The van der Waals surface area contributed by atoms with Crippen LogP contribution >= 0.6 is 0 Å². The molecule has 8 heteroatoms. The summed E-state index contributed by atoms with van der Waals surface area (Å²) in [6, 6.07) is 11.7.